The molecule has 0 aliphatic rings. The standard InChI is InChI=1S/C15H13ClN4/c1-11-6-8-12(9-7-11)15-17-19-20(18-15)10-13-4-2-3-5-14(13)16/h2-9H,10H2,1H3. The molecule has 1 aromatic heterocycles. The third-order valence-corrected chi connectivity index (χ3v) is 3.40. The number of benzene rings is 2. The van der Waals surface area contributed by atoms with E-state index in [2.05, 4.69) is 15.4 Å². The quantitative estimate of drug-likeness (QED) is 0.741. The van der Waals surface area contributed by atoms with Gasteiger partial charge in [-0.3, -0.25) is 0 Å². The van der Waals surface area contributed by atoms with Gasteiger partial charge in [-0.15, -0.1) is 10.2 Å². The second-order valence-corrected chi connectivity index (χ2v) is 5.01. The van der Waals surface area contributed by atoms with Crippen molar-refractivity contribution in [3.05, 3.63) is 64.7 Å². The van der Waals surface area contributed by atoms with Crippen LogP contribution in [0.3, 0.4) is 0 Å². The van der Waals surface area contributed by atoms with Gasteiger partial charge in [0, 0.05) is 10.6 Å². The zero-order valence-electron chi connectivity index (χ0n) is 11.0. The van der Waals surface area contributed by atoms with E-state index in [1.165, 1.54) is 5.56 Å². The molecule has 0 aliphatic carbocycles. The fourth-order valence-corrected chi connectivity index (χ4v) is 2.10. The molecule has 0 atom stereocenters. The fourth-order valence-electron chi connectivity index (χ4n) is 1.91. The van der Waals surface area contributed by atoms with Crippen molar-refractivity contribution in [2.45, 2.75) is 13.5 Å². The van der Waals surface area contributed by atoms with Crippen LogP contribution in [0.15, 0.2) is 48.5 Å². The minimum Gasteiger partial charge on any atom is -0.159 e. The molecule has 0 spiro atoms. The van der Waals surface area contributed by atoms with Crippen LogP contribution in [0.4, 0.5) is 0 Å². The molecule has 20 heavy (non-hydrogen) atoms. The van der Waals surface area contributed by atoms with E-state index in [0.29, 0.717) is 17.4 Å². The molecular weight excluding hydrogens is 272 g/mol. The third-order valence-electron chi connectivity index (χ3n) is 3.03. The molecule has 2 aromatic carbocycles. The normalized spacial score (nSPS) is 10.7. The lowest BCUT2D eigenvalue weighted by molar-refractivity contribution is 0.573. The highest BCUT2D eigenvalue weighted by molar-refractivity contribution is 6.31. The van der Waals surface area contributed by atoms with E-state index in [1.807, 2.05) is 55.5 Å². The number of aryl methyl sites for hydroxylation is 1. The zero-order chi connectivity index (χ0) is 13.9. The average molecular weight is 285 g/mol. The summed E-state index contributed by atoms with van der Waals surface area (Å²) in [4.78, 5) is 1.55. The van der Waals surface area contributed by atoms with Crippen LogP contribution in [0, 0.1) is 6.92 Å². The monoisotopic (exact) mass is 284 g/mol. The van der Waals surface area contributed by atoms with Crippen LogP contribution in [0.25, 0.3) is 11.4 Å². The van der Waals surface area contributed by atoms with Crippen LogP contribution >= 0.6 is 11.6 Å². The molecule has 5 heteroatoms. The van der Waals surface area contributed by atoms with Crippen molar-refractivity contribution in [3.8, 4) is 11.4 Å². The Balaban J connectivity index is 1.84. The summed E-state index contributed by atoms with van der Waals surface area (Å²) >= 11 is 6.13. The van der Waals surface area contributed by atoms with Crippen molar-refractivity contribution >= 4 is 11.6 Å². The summed E-state index contributed by atoms with van der Waals surface area (Å²) in [5.41, 5.74) is 3.14. The third kappa shape index (κ3) is 2.70. The van der Waals surface area contributed by atoms with Crippen molar-refractivity contribution < 1.29 is 0 Å². The number of aromatic nitrogens is 4. The highest BCUT2D eigenvalue weighted by Crippen LogP contribution is 2.17. The summed E-state index contributed by atoms with van der Waals surface area (Å²) in [7, 11) is 0. The predicted octanol–water partition coefficient (Wildman–Crippen LogP) is 3.35. The Kier molecular flexibility index (Phi) is 3.48. The first-order valence-corrected chi connectivity index (χ1v) is 6.68. The largest absolute Gasteiger partial charge is 0.204 e. The van der Waals surface area contributed by atoms with Crippen molar-refractivity contribution in [1.29, 1.82) is 0 Å². The van der Waals surface area contributed by atoms with Crippen molar-refractivity contribution in [2.24, 2.45) is 0 Å². The first kappa shape index (κ1) is 12.8. The Morgan fingerprint density at radius 2 is 1.80 bits per heavy atom. The van der Waals surface area contributed by atoms with Crippen LogP contribution in [0.5, 0.6) is 0 Å². The Morgan fingerprint density at radius 3 is 2.55 bits per heavy atom. The summed E-state index contributed by atoms with van der Waals surface area (Å²) in [6.45, 7) is 2.56. The van der Waals surface area contributed by atoms with Gasteiger partial charge in [0.25, 0.3) is 0 Å². The van der Waals surface area contributed by atoms with Gasteiger partial charge in [0.15, 0.2) is 0 Å². The van der Waals surface area contributed by atoms with E-state index in [9.17, 15) is 0 Å². The molecule has 3 aromatic rings. The van der Waals surface area contributed by atoms with Crippen molar-refractivity contribution in [1.82, 2.24) is 20.2 Å². The molecule has 0 unspecified atom stereocenters. The number of halogens is 1. The molecular formula is C15H13ClN4. The fraction of sp³-hybridized carbons (Fsp3) is 0.133. The highest BCUT2D eigenvalue weighted by atomic mass is 35.5. The minimum absolute atomic E-state index is 0.512. The maximum absolute atomic E-state index is 6.13. The molecule has 0 aliphatic heterocycles. The highest BCUT2D eigenvalue weighted by Gasteiger charge is 2.07. The molecule has 0 saturated carbocycles. The minimum atomic E-state index is 0.512. The van der Waals surface area contributed by atoms with E-state index >= 15 is 0 Å². The van der Waals surface area contributed by atoms with Gasteiger partial charge in [-0.1, -0.05) is 59.6 Å². The van der Waals surface area contributed by atoms with Crippen LogP contribution in [0.2, 0.25) is 5.02 Å². The van der Waals surface area contributed by atoms with Gasteiger partial charge >= 0.3 is 0 Å². The van der Waals surface area contributed by atoms with Gasteiger partial charge in [-0.2, -0.15) is 4.80 Å². The molecule has 100 valence electrons. The molecule has 0 fully saturated rings. The topological polar surface area (TPSA) is 43.6 Å². The van der Waals surface area contributed by atoms with E-state index in [1.54, 1.807) is 4.80 Å². The Labute approximate surface area is 122 Å². The van der Waals surface area contributed by atoms with Gasteiger partial charge in [-0.25, -0.2) is 0 Å². The summed E-state index contributed by atoms with van der Waals surface area (Å²) in [6, 6.07) is 15.7. The van der Waals surface area contributed by atoms with E-state index in [-0.39, 0.29) is 0 Å². The average Bonchev–Trinajstić information content (AvgIpc) is 2.91. The molecule has 1 heterocycles. The van der Waals surface area contributed by atoms with Gasteiger partial charge in [0.05, 0.1) is 6.54 Å². The first-order chi connectivity index (χ1) is 9.72. The lowest BCUT2D eigenvalue weighted by atomic mass is 10.1. The SMILES string of the molecule is Cc1ccc(-c2nnn(Cc3ccccc3Cl)n2)cc1. The number of hydrogen-bond acceptors (Lipinski definition) is 3. The lowest BCUT2D eigenvalue weighted by Gasteiger charge is -2.01. The molecule has 4 nitrogen and oxygen atoms in total. The van der Waals surface area contributed by atoms with E-state index < -0.39 is 0 Å². The summed E-state index contributed by atoms with van der Waals surface area (Å²) in [5, 5.41) is 13.2. The second-order valence-electron chi connectivity index (χ2n) is 4.60. The van der Waals surface area contributed by atoms with Gasteiger partial charge in [0.2, 0.25) is 5.82 Å². The second kappa shape index (κ2) is 5.43. The maximum Gasteiger partial charge on any atom is 0.204 e. The van der Waals surface area contributed by atoms with Crippen LogP contribution < -0.4 is 0 Å². The van der Waals surface area contributed by atoms with Gasteiger partial charge < -0.3 is 0 Å². The molecule has 0 radical (unpaired) electrons. The van der Waals surface area contributed by atoms with Gasteiger partial charge in [-0.05, 0) is 23.8 Å². The maximum atomic E-state index is 6.13. The molecule has 0 N–H and O–H groups in total. The Morgan fingerprint density at radius 1 is 1.05 bits per heavy atom. The zero-order valence-corrected chi connectivity index (χ0v) is 11.7. The number of rotatable bonds is 3. The Bertz CT molecular complexity index is 719. The summed E-state index contributed by atoms with van der Waals surface area (Å²) in [6.07, 6.45) is 0. The van der Waals surface area contributed by atoms with Crippen LogP contribution in [0.1, 0.15) is 11.1 Å². The molecule has 0 bridgehead atoms. The lowest BCUT2D eigenvalue weighted by Crippen LogP contribution is -2.04. The smallest absolute Gasteiger partial charge is 0.159 e. The molecule has 3 rings (SSSR count). The number of nitrogens with zero attached hydrogens (tertiary/aromatic N) is 4. The van der Waals surface area contributed by atoms with E-state index in [0.717, 1.165) is 11.1 Å². The number of tetrazole rings is 1. The van der Waals surface area contributed by atoms with Gasteiger partial charge in [0.1, 0.15) is 0 Å². The number of hydrogen-bond donors (Lipinski definition) is 0. The summed E-state index contributed by atoms with van der Waals surface area (Å²) in [5.74, 6) is 0.622. The first-order valence-electron chi connectivity index (χ1n) is 6.30. The molecule has 0 amide bonds. The van der Waals surface area contributed by atoms with Crippen LogP contribution in [-0.4, -0.2) is 20.2 Å². The van der Waals surface area contributed by atoms with E-state index in [4.69, 9.17) is 11.6 Å². The van der Waals surface area contributed by atoms with Crippen molar-refractivity contribution in [2.75, 3.05) is 0 Å². The Hall–Kier alpha value is -2.20. The summed E-state index contributed by atoms with van der Waals surface area (Å²) < 4.78 is 0. The van der Waals surface area contributed by atoms with Crippen LogP contribution in [-0.2, 0) is 6.54 Å². The predicted molar refractivity (Wildman–Crippen MR) is 78.5 cm³/mol. The van der Waals surface area contributed by atoms with Crippen molar-refractivity contribution in [3.63, 3.8) is 0 Å². The molecule has 0 saturated heterocycles.